The van der Waals surface area contributed by atoms with Crippen molar-refractivity contribution in [3.63, 3.8) is 0 Å². The molecule has 21 heavy (non-hydrogen) atoms. The van der Waals surface area contributed by atoms with Crippen molar-refractivity contribution >= 4 is 15.6 Å². The zero-order chi connectivity index (χ0) is 15.2. The third-order valence-electron chi connectivity index (χ3n) is 6.36. The van der Waals surface area contributed by atoms with Crippen molar-refractivity contribution in [2.75, 3.05) is 6.26 Å². The van der Waals surface area contributed by atoms with Crippen molar-refractivity contribution < 1.29 is 22.0 Å². The summed E-state index contributed by atoms with van der Waals surface area (Å²) in [6.07, 6.45) is 7.22. The molecule has 0 aromatic carbocycles. The first-order valence-electron chi connectivity index (χ1n) is 7.52. The maximum absolute atomic E-state index is 13.9. The highest BCUT2D eigenvalue weighted by Crippen LogP contribution is 2.67. The van der Waals surface area contributed by atoms with Gasteiger partial charge in [-0.25, -0.2) is 8.42 Å². The van der Waals surface area contributed by atoms with Gasteiger partial charge in [0.1, 0.15) is 0 Å². The third kappa shape index (κ3) is 1.63. The van der Waals surface area contributed by atoms with Crippen LogP contribution in [0, 0.1) is 41.4 Å². The van der Waals surface area contributed by atoms with E-state index >= 15 is 0 Å². The van der Waals surface area contributed by atoms with Gasteiger partial charge in [-0.05, 0) is 54.8 Å². The van der Waals surface area contributed by atoms with E-state index in [9.17, 15) is 22.0 Å². The van der Waals surface area contributed by atoms with Gasteiger partial charge in [-0.3, -0.25) is 4.79 Å². The van der Waals surface area contributed by atoms with Crippen molar-refractivity contribution in [3.8, 4) is 0 Å². The molecule has 0 saturated heterocycles. The predicted molar refractivity (Wildman–Crippen MR) is 72.2 cm³/mol. The third-order valence-corrected chi connectivity index (χ3v) is 7.49. The summed E-state index contributed by atoms with van der Waals surface area (Å²) in [6.45, 7) is 0. The SMILES string of the molecule is CS(=O)(=O)C(F)(F)C(=O)C1CC2CC1C1C3C=CC(C3)C21. The number of allylic oxidation sites excluding steroid dienone is 2. The van der Waals surface area contributed by atoms with Gasteiger partial charge in [0.2, 0.25) is 15.6 Å². The smallest absolute Gasteiger partial charge is 0.291 e. The second kappa shape index (κ2) is 3.94. The van der Waals surface area contributed by atoms with Gasteiger partial charge in [0.25, 0.3) is 0 Å². The average molecular weight is 316 g/mol. The number of sulfone groups is 1. The Kier molecular flexibility index (Phi) is 2.60. The summed E-state index contributed by atoms with van der Waals surface area (Å²) in [7, 11) is -4.69. The molecular weight excluding hydrogens is 298 g/mol. The van der Waals surface area contributed by atoms with Gasteiger partial charge in [0.15, 0.2) is 0 Å². The summed E-state index contributed by atoms with van der Waals surface area (Å²) in [4.78, 5) is 12.2. The minimum Gasteiger partial charge on any atom is -0.291 e. The summed E-state index contributed by atoms with van der Waals surface area (Å²) in [5, 5.41) is -4.23. The van der Waals surface area contributed by atoms with Gasteiger partial charge in [-0.2, -0.15) is 8.78 Å². The molecule has 7 atom stereocenters. The standard InChI is InChI=1S/C15H18F2O3S/c1-21(19,20)15(16,17)14(18)11-6-9-5-10(11)13-8-3-2-7(4-8)12(9)13/h2-3,7-13H,4-6H2,1H3. The Labute approximate surface area is 122 Å². The first-order valence-corrected chi connectivity index (χ1v) is 9.41. The number of carbonyl (C=O) groups is 1. The zero-order valence-corrected chi connectivity index (χ0v) is 12.5. The molecule has 0 radical (unpaired) electrons. The molecule has 7 unspecified atom stereocenters. The molecule has 116 valence electrons. The van der Waals surface area contributed by atoms with E-state index in [2.05, 4.69) is 12.2 Å². The fourth-order valence-corrected chi connectivity index (χ4v) is 6.23. The summed E-state index contributed by atoms with van der Waals surface area (Å²) in [6, 6.07) is 0. The minimum absolute atomic E-state index is 0.0416. The van der Waals surface area contributed by atoms with Gasteiger partial charge in [0.05, 0.1) is 0 Å². The molecule has 0 heterocycles. The lowest BCUT2D eigenvalue weighted by Gasteiger charge is -2.36. The highest BCUT2D eigenvalue weighted by Gasteiger charge is 2.65. The first kappa shape index (κ1) is 13.9. The van der Waals surface area contributed by atoms with Crippen molar-refractivity contribution in [2.24, 2.45) is 41.4 Å². The van der Waals surface area contributed by atoms with Gasteiger partial charge in [-0.15, -0.1) is 0 Å². The molecule has 6 heteroatoms. The summed E-state index contributed by atoms with van der Waals surface area (Å²) in [5.41, 5.74) is 0. The van der Waals surface area contributed by atoms with E-state index in [0.717, 1.165) is 12.8 Å². The number of fused-ring (bicyclic) bond motifs is 9. The van der Waals surface area contributed by atoms with Gasteiger partial charge >= 0.3 is 5.25 Å². The average Bonchev–Trinajstić information content (AvgIpc) is 3.13. The van der Waals surface area contributed by atoms with E-state index in [1.165, 1.54) is 0 Å². The van der Waals surface area contributed by atoms with Crippen molar-refractivity contribution in [1.29, 1.82) is 0 Å². The molecule has 0 N–H and O–H groups in total. The quantitative estimate of drug-likeness (QED) is 0.593. The van der Waals surface area contributed by atoms with Crippen LogP contribution in [0.15, 0.2) is 12.2 Å². The molecule has 4 aliphatic rings. The fourth-order valence-electron chi connectivity index (χ4n) is 5.72. The Morgan fingerprint density at radius 1 is 1.10 bits per heavy atom. The van der Waals surface area contributed by atoms with E-state index in [-0.39, 0.29) is 5.92 Å². The lowest BCUT2D eigenvalue weighted by atomic mass is 9.68. The van der Waals surface area contributed by atoms with E-state index in [4.69, 9.17) is 0 Å². The Balaban J connectivity index is 1.63. The van der Waals surface area contributed by atoms with Crippen LogP contribution in [-0.4, -0.2) is 25.7 Å². The number of Topliss-reactive ketones (excluding diaryl/α,β-unsaturated/α-hetero) is 1. The Morgan fingerprint density at radius 3 is 2.33 bits per heavy atom. The van der Waals surface area contributed by atoms with E-state index in [1.807, 2.05) is 0 Å². The molecule has 3 saturated carbocycles. The second-order valence-corrected chi connectivity index (χ2v) is 9.32. The van der Waals surface area contributed by atoms with Crippen molar-refractivity contribution in [3.05, 3.63) is 12.2 Å². The molecule has 4 bridgehead atoms. The van der Waals surface area contributed by atoms with Gasteiger partial charge in [-0.1, -0.05) is 12.2 Å². The maximum atomic E-state index is 13.9. The summed E-state index contributed by atoms with van der Waals surface area (Å²) >= 11 is 0. The fraction of sp³-hybridized carbons (Fsp3) is 0.800. The molecule has 4 aliphatic carbocycles. The van der Waals surface area contributed by atoms with Gasteiger partial charge < -0.3 is 0 Å². The normalized spacial score (nSPS) is 47.1. The number of hydrogen-bond acceptors (Lipinski definition) is 3. The minimum atomic E-state index is -4.69. The lowest BCUT2D eigenvalue weighted by Crippen LogP contribution is -2.45. The molecule has 3 fully saturated rings. The number of rotatable bonds is 3. The Morgan fingerprint density at radius 2 is 1.71 bits per heavy atom. The Hall–Kier alpha value is -0.780. The Bertz CT molecular complexity index is 639. The van der Waals surface area contributed by atoms with E-state index in [0.29, 0.717) is 42.3 Å². The lowest BCUT2D eigenvalue weighted by molar-refractivity contribution is -0.140. The number of halogens is 2. The molecule has 0 aromatic rings. The van der Waals surface area contributed by atoms with Crippen molar-refractivity contribution in [1.82, 2.24) is 0 Å². The molecule has 4 rings (SSSR count). The maximum Gasteiger partial charge on any atom is 0.402 e. The molecule has 0 spiro atoms. The first-order chi connectivity index (χ1) is 9.72. The van der Waals surface area contributed by atoms with Crippen LogP contribution < -0.4 is 0 Å². The van der Waals surface area contributed by atoms with Crippen LogP contribution in [0.25, 0.3) is 0 Å². The predicted octanol–water partition coefficient (Wildman–Crippen LogP) is 2.29. The number of carbonyl (C=O) groups excluding carboxylic acids is 1. The number of ketones is 1. The second-order valence-electron chi connectivity index (χ2n) is 7.26. The van der Waals surface area contributed by atoms with Crippen LogP contribution in [0.2, 0.25) is 0 Å². The summed E-state index contributed by atoms with van der Waals surface area (Å²) in [5.74, 6) is -0.0105. The van der Waals surface area contributed by atoms with Crippen LogP contribution in [0.3, 0.4) is 0 Å². The highest BCUT2D eigenvalue weighted by molar-refractivity contribution is 7.92. The zero-order valence-electron chi connectivity index (χ0n) is 11.7. The highest BCUT2D eigenvalue weighted by atomic mass is 32.2. The van der Waals surface area contributed by atoms with Crippen LogP contribution in [0.4, 0.5) is 8.78 Å². The largest absolute Gasteiger partial charge is 0.402 e. The molecular formula is C15H18F2O3S. The topological polar surface area (TPSA) is 51.2 Å². The molecule has 3 nitrogen and oxygen atoms in total. The van der Waals surface area contributed by atoms with Crippen LogP contribution in [-0.2, 0) is 14.6 Å². The molecule has 0 aliphatic heterocycles. The van der Waals surface area contributed by atoms with Crippen LogP contribution >= 0.6 is 0 Å². The molecule has 0 aromatic heterocycles. The van der Waals surface area contributed by atoms with Gasteiger partial charge in [0, 0.05) is 12.2 Å². The monoisotopic (exact) mass is 316 g/mol. The number of hydrogen-bond donors (Lipinski definition) is 0. The van der Waals surface area contributed by atoms with E-state index in [1.54, 1.807) is 0 Å². The van der Waals surface area contributed by atoms with Crippen LogP contribution in [0.1, 0.15) is 19.3 Å². The molecule has 0 amide bonds. The van der Waals surface area contributed by atoms with Crippen molar-refractivity contribution in [2.45, 2.75) is 24.5 Å². The van der Waals surface area contributed by atoms with Crippen LogP contribution in [0.5, 0.6) is 0 Å². The number of alkyl halides is 2. The van der Waals surface area contributed by atoms with E-state index < -0.39 is 26.8 Å². The summed E-state index contributed by atoms with van der Waals surface area (Å²) < 4.78 is 50.2.